The molecule has 0 radical (unpaired) electrons. The van der Waals surface area contributed by atoms with E-state index in [-0.39, 0.29) is 32.1 Å². The van der Waals surface area contributed by atoms with Crippen molar-refractivity contribution < 1.29 is 29.0 Å². The van der Waals surface area contributed by atoms with Crippen molar-refractivity contribution in [2.24, 2.45) is 0 Å². The minimum Gasteiger partial charge on any atom is -0.480 e. The molecule has 32 heavy (non-hydrogen) atoms. The third-order valence-corrected chi connectivity index (χ3v) is 5.77. The predicted molar refractivity (Wildman–Crippen MR) is 115 cm³/mol. The maximum Gasteiger partial charge on any atom is 0.410 e. The first-order valence-corrected chi connectivity index (χ1v) is 10.2. The summed E-state index contributed by atoms with van der Waals surface area (Å²) in [5.41, 5.74) is 4.33. The van der Waals surface area contributed by atoms with Crippen molar-refractivity contribution >= 4 is 18.2 Å². The number of likely N-dealkylation sites (tertiary alicyclic amines) is 1. The van der Waals surface area contributed by atoms with Crippen molar-refractivity contribution in [3.63, 3.8) is 0 Å². The number of alkyl carbamates (subject to hydrolysis) is 1. The van der Waals surface area contributed by atoms with Crippen LogP contribution in [-0.4, -0.2) is 60.0 Å². The molecule has 0 unspecified atom stereocenters. The fraction of sp³-hybridized carbons (Fsp3) is 0.292. The van der Waals surface area contributed by atoms with E-state index < -0.39 is 30.2 Å². The third-order valence-electron chi connectivity index (χ3n) is 5.77. The highest BCUT2D eigenvalue weighted by atomic mass is 16.6. The number of fused-ring (bicyclic) bond motifs is 3. The lowest BCUT2D eigenvalue weighted by atomic mass is 9.98. The Morgan fingerprint density at radius 1 is 1.06 bits per heavy atom. The number of ether oxygens (including phenoxy) is 2. The third kappa shape index (κ3) is 4.10. The van der Waals surface area contributed by atoms with Gasteiger partial charge in [-0.05, 0) is 22.3 Å². The summed E-state index contributed by atoms with van der Waals surface area (Å²) in [6.07, 6.45) is 3.60. The Morgan fingerprint density at radius 3 is 2.28 bits per heavy atom. The zero-order chi connectivity index (χ0) is 22.7. The molecule has 4 rings (SSSR count). The maximum atomic E-state index is 12.8. The molecule has 2 atom stereocenters. The summed E-state index contributed by atoms with van der Waals surface area (Å²) in [6, 6.07) is 14.2. The van der Waals surface area contributed by atoms with Gasteiger partial charge in [0.1, 0.15) is 12.6 Å². The van der Waals surface area contributed by atoms with Gasteiger partial charge in [-0.15, -0.1) is 6.42 Å². The summed E-state index contributed by atoms with van der Waals surface area (Å²) in [5, 5.41) is 12.1. The molecule has 164 valence electrons. The van der Waals surface area contributed by atoms with Gasteiger partial charge >= 0.3 is 18.2 Å². The molecule has 2 aromatic rings. The van der Waals surface area contributed by atoms with E-state index in [1.165, 1.54) is 0 Å². The minimum atomic E-state index is -1.17. The summed E-state index contributed by atoms with van der Waals surface area (Å²) in [6.45, 7) is -0.117. The van der Waals surface area contributed by atoms with Crippen molar-refractivity contribution in [2.45, 2.75) is 24.4 Å². The molecule has 8 heteroatoms. The average molecular weight is 434 g/mol. The number of carbonyl (C=O) groups is 3. The summed E-state index contributed by atoms with van der Waals surface area (Å²) in [7, 11) is 0. The van der Waals surface area contributed by atoms with E-state index in [0.717, 1.165) is 27.2 Å². The van der Waals surface area contributed by atoms with E-state index in [1.807, 2.05) is 48.5 Å². The van der Waals surface area contributed by atoms with Gasteiger partial charge in [0.2, 0.25) is 0 Å². The molecule has 2 aromatic carbocycles. The number of nitrogens with one attached hydrogen (secondary N) is 1. The summed E-state index contributed by atoms with van der Waals surface area (Å²) in [4.78, 5) is 37.4. The highest BCUT2D eigenvalue weighted by molar-refractivity contribution is 5.82. The zero-order valence-corrected chi connectivity index (χ0v) is 17.2. The lowest BCUT2D eigenvalue weighted by Crippen LogP contribution is -2.42. The smallest absolute Gasteiger partial charge is 0.410 e. The quantitative estimate of drug-likeness (QED) is 0.701. The molecule has 1 heterocycles. The first-order chi connectivity index (χ1) is 15.5. The number of carbonyl (C=O) groups excluding carboxylic acids is 2. The average Bonchev–Trinajstić information content (AvgIpc) is 3.36. The van der Waals surface area contributed by atoms with Crippen LogP contribution in [-0.2, 0) is 14.3 Å². The number of terminal acetylenes is 1. The van der Waals surface area contributed by atoms with E-state index in [4.69, 9.17) is 15.9 Å². The summed E-state index contributed by atoms with van der Waals surface area (Å²) in [5.74, 6) is 0.872. The van der Waals surface area contributed by atoms with E-state index >= 15 is 0 Å². The first-order valence-electron chi connectivity index (χ1n) is 10.2. The molecule has 2 N–H and O–H groups in total. The Bertz CT molecular complexity index is 1050. The number of hydrogen-bond acceptors (Lipinski definition) is 5. The van der Waals surface area contributed by atoms with Crippen LogP contribution in [0, 0.1) is 12.3 Å². The van der Waals surface area contributed by atoms with Crippen LogP contribution in [0.3, 0.4) is 0 Å². The van der Waals surface area contributed by atoms with Gasteiger partial charge in [-0.3, -0.25) is 4.90 Å². The van der Waals surface area contributed by atoms with E-state index in [0.29, 0.717) is 0 Å². The van der Waals surface area contributed by atoms with Crippen molar-refractivity contribution in [3.8, 4) is 23.5 Å². The van der Waals surface area contributed by atoms with Gasteiger partial charge in [-0.25, -0.2) is 14.4 Å². The van der Waals surface area contributed by atoms with Crippen molar-refractivity contribution in [1.29, 1.82) is 0 Å². The van der Waals surface area contributed by atoms with Gasteiger partial charge in [0.15, 0.2) is 6.61 Å². The second kappa shape index (κ2) is 9.02. The molecule has 1 aliphatic heterocycles. The van der Waals surface area contributed by atoms with Crippen LogP contribution in [0.25, 0.3) is 11.1 Å². The topological polar surface area (TPSA) is 105 Å². The number of nitrogens with zero attached hydrogens (tertiary/aromatic N) is 1. The normalized spacial score (nSPS) is 18.9. The SMILES string of the molecule is C#CCOC(=O)N[C@H]1C[C@@H](C(=O)O)N(C(=O)OCC2c3ccccc3-c3ccccc32)C1. The van der Waals surface area contributed by atoms with Crippen molar-refractivity contribution in [1.82, 2.24) is 10.2 Å². The molecule has 1 saturated heterocycles. The van der Waals surface area contributed by atoms with E-state index in [2.05, 4.69) is 11.2 Å². The molecule has 2 amide bonds. The number of rotatable bonds is 5. The zero-order valence-electron chi connectivity index (χ0n) is 17.2. The van der Waals surface area contributed by atoms with E-state index in [9.17, 15) is 19.5 Å². The second-order valence-electron chi connectivity index (χ2n) is 7.67. The number of carboxylic acids is 1. The van der Waals surface area contributed by atoms with Gasteiger partial charge < -0.3 is 19.9 Å². The largest absolute Gasteiger partial charge is 0.480 e. The fourth-order valence-corrected chi connectivity index (χ4v) is 4.37. The molecular formula is C24H22N2O6. The number of benzene rings is 2. The number of aliphatic carboxylic acids is 1. The summed E-state index contributed by atoms with van der Waals surface area (Å²) < 4.78 is 10.3. The maximum absolute atomic E-state index is 12.8. The number of carboxylic acid groups (broad SMARTS) is 1. The molecule has 8 nitrogen and oxygen atoms in total. The van der Waals surface area contributed by atoms with Gasteiger partial charge in [0.05, 0.1) is 6.04 Å². The monoisotopic (exact) mass is 434 g/mol. The Balaban J connectivity index is 1.44. The lowest BCUT2D eigenvalue weighted by molar-refractivity contribution is -0.141. The molecule has 2 aliphatic rings. The lowest BCUT2D eigenvalue weighted by Gasteiger charge is -2.22. The van der Waals surface area contributed by atoms with Crippen LogP contribution < -0.4 is 5.32 Å². The Labute approximate surface area is 185 Å². The van der Waals surface area contributed by atoms with Crippen LogP contribution in [0.15, 0.2) is 48.5 Å². The summed E-state index contributed by atoms with van der Waals surface area (Å²) >= 11 is 0. The highest BCUT2D eigenvalue weighted by Gasteiger charge is 2.42. The van der Waals surface area contributed by atoms with Gasteiger partial charge in [0.25, 0.3) is 0 Å². The number of hydrogen-bond donors (Lipinski definition) is 2. The van der Waals surface area contributed by atoms with Crippen LogP contribution in [0.2, 0.25) is 0 Å². The van der Waals surface area contributed by atoms with Crippen molar-refractivity contribution in [3.05, 3.63) is 59.7 Å². The first kappa shape index (κ1) is 21.2. The van der Waals surface area contributed by atoms with Crippen LogP contribution in [0.4, 0.5) is 9.59 Å². The highest BCUT2D eigenvalue weighted by Crippen LogP contribution is 2.44. The fourth-order valence-electron chi connectivity index (χ4n) is 4.37. The van der Waals surface area contributed by atoms with Gasteiger partial charge in [0, 0.05) is 18.9 Å². The molecule has 0 aromatic heterocycles. The molecular weight excluding hydrogens is 412 g/mol. The molecule has 0 spiro atoms. The van der Waals surface area contributed by atoms with Gasteiger partial charge in [-0.2, -0.15) is 0 Å². The minimum absolute atomic E-state index is 0.00120. The van der Waals surface area contributed by atoms with Crippen LogP contribution in [0.5, 0.6) is 0 Å². The van der Waals surface area contributed by atoms with Gasteiger partial charge in [-0.1, -0.05) is 54.5 Å². The second-order valence-corrected chi connectivity index (χ2v) is 7.67. The Hall–Kier alpha value is -3.99. The molecule has 0 saturated carbocycles. The van der Waals surface area contributed by atoms with E-state index in [1.54, 1.807) is 0 Å². The molecule has 1 aliphatic carbocycles. The van der Waals surface area contributed by atoms with Crippen molar-refractivity contribution in [2.75, 3.05) is 19.8 Å². The number of amides is 2. The van der Waals surface area contributed by atoms with Crippen LogP contribution in [0.1, 0.15) is 23.5 Å². The molecule has 1 fully saturated rings. The standard InChI is InChI=1S/C24H22N2O6/c1-2-11-31-23(29)25-15-12-21(22(27)28)26(13-15)24(30)32-14-20-18-9-5-3-7-16(18)17-8-4-6-10-19(17)20/h1,3-10,15,20-21H,11-14H2,(H,25,29)(H,27,28)/t15-,21-/m0/s1. The Kier molecular flexibility index (Phi) is 5.99. The Morgan fingerprint density at radius 2 is 1.69 bits per heavy atom. The predicted octanol–water partition coefficient (Wildman–Crippen LogP) is 2.82. The van der Waals surface area contributed by atoms with Crippen LogP contribution >= 0.6 is 0 Å². The molecule has 0 bridgehead atoms.